The minimum absolute atomic E-state index is 0.0170. The molecule has 0 saturated heterocycles. The van der Waals surface area contributed by atoms with E-state index in [1.54, 1.807) is 23.1 Å². The molecule has 1 aromatic carbocycles. The van der Waals surface area contributed by atoms with Crippen LogP contribution in [0.3, 0.4) is 0 Å². The third-order valence-corrected chi connectivity index (χ3v) is 3.04. The zero-order valence-corrected chi connectivity index (χ0v) is 11.1. The predicted molar refractivity (Wildman–Crippen MR) is 73.5 cm³/mol. The lowest BCUT2D eigenvalue weighted by Crippen LogP contribution is -2.34. The Morgan fingerprint density at radius 2 is 2.11 bits per heavy atom. The molecule has 0 bridgehead atoms. The Morgan fingerprint density at radius 1 is 1.39 bits per heavy atom. The molecule has 0 unspecified atom stereocenters. The third-order valence-electron chi connectivity index (χ3n) is 3.04. The molecule has 0 saturated carbocycles. The van der Waals surface area contributed by atoms with Crippen LogP contribution in [0.2, 0.25) is 0 Å². The second kappa shape index (κ2) is 7.01. The van der Waals surface area contributed by atoms with Crippen LogP contribution in [0, 0.1) is 6.92 Å². The van der Waals surface area contributed by atoms with Crippen molar-refractivity contribution < 1.29 is 9.90 Å². The number of hydrogen-bond acceptors (Lipinski definition) is 3. The van der Waals surface area contributed by atoms with Gasteiger partial charge >= 0.3 is 0 Å². The maximum absolute atomic E-state index is 12.4. The summed E-state index contributed by atoms with van der Waals surface area (Å²) in [6.45, 7) is 4.95. The summed E-state index contributed by atoms with van der Waals surface area (Å²) >= 11 is 0. The van der Waals surface area contributed by atoms with Crippen LogP contribution in [-0.4, -0.2) is 35.6 Å². The van der Waals surface area contributed by atoms with E-state index in [0.29, 0.717) is 24.3 Å². The van der Waals surface area contributed by atoms with Gasteiger partial charge in [-0.3, -0.25) is 4.79 Å². The first-order valence-corrected chi connectivity index (χ1v) is 6.37. The standard InChI is InChI=1S/C14H22N2O2/c1-3-4-8-16(9-10-17)14(18)12-6-5-7-13(15)11(12)2/h5-7,17H,3-4,8-10,15H2,1-2H3. The van der Waals surface area contributed by atoms with Crippen molar-refractivity contribution in [3.63, 3.8) is 0 Å². The summed E-state index contributed by atoms with van der Waals surface area (Å²) in [4.78, 5) is 14.1. The highest BCUT2D eigenvalue weighted by Gasteiger charge is 2.17. The molecule has 100 valence electrons. The summed E-state index contributed by atoms with van der Waals surface area (Å²) in [7, 11) is 0. The van der Waals surface area contributed by atoms with E-state index in [1.165, 1.54) is 0 Å². The lowest BCUT2D eigenvalue weighted by molar-refractivity contribution is 0.0718. The number of nitrogen functional groups attached to an aromatic ring is 1. The summed E-state index contributed by atoms with van der Waals surface area (Å²) in [5, 5.41) is 9.04. The van der Waals surface area contributed by atoms with Crippen molar-refractivity contribution in [3.05, 3.63) is 29.3 Å². The number of unbranched alkanes of at least 4 members (excludes halogenated alkanes) is 1. The minimum atomic E-state index is -0.0534. The number of anilines is 1. The van der Waals surface area contributed by atoms with Gasteiger partial charge in [-0.1, -0.05) is 19.4 Å². The van der Waals surface area contributed by atoms with Gasteiger partial charge < -0.3 is 15.7 Å². The fourth-order valence-electron chi connectivity index (χ4n) is 1.84. The van der Waals surface area contributed by atoms with E-state index in [9.17, 15) is 4.79 Å². The molecule has 0 fully saturated rings. The molecular formula is C14H22N2O2. The molecule has 18 heavy (non-hydrogen) atoms. The molecule has 4 heteroatoms. The number of nitrogens with two attached hydrogens (primary N) is 1. The lowest BCUT2D eigenvalue weighted by atomic mass is 10.1. The largest absolute Gasteiger partial charge is 0.398 e. The normalized spacial score (nSPS) is 10.4. The smallest absolute Gasteiger partial charge is 0.254 e. The summed E-state index contributed by atoms with van der Waals surface area (Å²) in [5.41, 5.74) is 7.87. The van der Waals surface area contributed by atoms with E-state index in [4.69, 9.17) is 10.8 Å². The summed E-state index contributed by atoms with van der Waals surface area (Å²) < 4.78 is 0. The first-order valence-electron chi connectivity index (χ1n) is 6.37. The van der Waals surface area contributed by atoms with E-state index in [1.807, 2.05) is 6.92 Å². The Bertz CT molecular complexity index is 405. The van der Waals surface area contributed by atoms with Gasteiger partial charge in [0.05, 0.1) is 6.61 Å². The Labute approximate surface area is 108 Å². The molecule has 3 N–H and O–H groups in total. The van der Waals surface area contributed by atoms with Crippen LogP contribution in [0.25, 0.3) is 0 Å². The Balaban J connectivity index is 2.90. The molecule has 0 heterocycles. The predicted octanol–water partition coefficient (Wildman–Crippen LogP) is 1.81. The number of carbonyl (C=O) groups excluding carboxylic acids is 1. The average Bonchev–Trinajstić information content (AvgIpc) is 2.37. The lowest BCUT2D eigenvalue weighted by Gasteiger charge is -2.22. The number of nitrogens with zero attached hydrogens (tertiary/aromatic N) is 1. The molecule has 1 aromatic rings. The fourth-order valence-corrected chi connectivity index (χ4v) is 1.84. The van der Waals surface area contributed by atoms with Gasteiger partial charge in [-0.05, 0) is 31.0 Å². The van der Waals surface area contributed by atoms with Gasteiger partial charge in [0.2, 0.25) is 0 Å². The molecule has 0 atom stereocenters. The highest BCUT2D eigenvalue weighted by Crippen LogP contribution is 2.17. The molecule has 1 rings (SSSR count). The highest BCUT2D eigenvalue weighted by molar-refractivity contribution is 5.96. The molecule has 4 nitrogen and oxygen atoms in total. The van der Waals surface area contributed by atoms with Crippen LogP contribution in [0.5, 0.6) is 0 Å². The highest BCUT2D eigenvalue weighted by atomic mass is 16.3. The Hall–Kier alpha value is -1.55. The molecule has 0 aliphatic heterocycles. The minimum Gasteiger partial charge on any atom is -0.398 e. The van der Waals surface area contributed by atoms with Crippen LogP contribution in [0.1, 0.15) is 35.7 Å². The van der Waals surface area contributed by atoms with Crippen molar-refractivity contribution in [3.8, 4) is 0 Å². The van der Waals surface area contributed by atoms with Crippen LogP contribution < -0.4 is 5.73 Å². The fraction of sp³-hybridized carbons (Fsp3) is 0.500. The van der Waals surface area contributed by atoms with Crippen LogP contribution in [-0.2, 0) is 0 Å². The van der Waals surface area contributed by atoms with E-state index >= 15 is 0 Å². The molecule has 1 amide bonds. The second-order valence-corrected chi connectivity index (χ2v) is 4.39. The average molecular weight is 250 g/mol. The quantitative estimate of drug-likeness (QED) is 0.757. The van der Waals surface area contributed by atoms with Crippen molar-refractivity contribution in [1.82, 2.24) is 4.90 Å². The number of aliphatic hydroxyl groups excluding tert-OH is 1. The zero-order chi connectivity index (χ0) is 13.5. The van der Waals surface area contributed by atoms with Gasteiger partial charge in [0.25, 0.3) is 5.91 Å². The second-order valence-electron chi connectivity index (χ2n) is 4.39. The number of amides is 1. The van der Waals surface area contributed by atoms with E-state index in [2.05, 4.69) is 6.92 Å². The molecular weight excluding hydrogens is 228 g/mol. The van der Waals surface area contributed by atoms with Crippen molar-refractivity contribution >= 4 is 11.6 Å². The van der Waals surface area contributed by atoms with Gasteiger partial charge in [0, 0.05) is 24.3 Å². The van der Waals surface area contributed by atoms with Gasteiger partial charge in [0.1, 0.15) is 0 Å². The van der Waals surface area contributed by atoms with Crippen molar-refractivity contribution in [1.29, 1.82) is 0 Å². The van der Waals surface area contributed by atoms with Crippen molar-refractivity contribution in [2.24, 2.45) is 0 Å². The summed E-state index contributed by atoms with van der Waals surface area (Å²) in [6.07, 6.45) is 1.96. The number of carbonyl (C=O) groups is 1. The monoisotopic (exact) mass is 250 g/mol. The van der Waals surface area contributed by atoms with Crippen LogP contribution >= 0.6 is 0 Å². The maximum atomic E-state index is 12.4. The number of rotatable bonds is 6. The van der Waals surface area contributed by atoms with Crippen molar-refractivity contribution in [2.45, 2.75) is 26.7 Å². The molecule has 0 aromatic heterocycles. The van der Waals surface area contributed by atoms with E-state index in [-0.39, 0.29) is 12.5 Å². The number of aliphatic hydroxyl groups is 1. The third kappa shape index (κ3) is 3.47. The summed E-state index contributed by atoms with van der Waals surface area (Å²) in [5.74, 6) is -0.0534. The van der Waals surface area contributed by atoms with Gasteiger partial charge in [-0.2, -0.15) is 0 Å². The topological polar surface area (TPSA) is 66.6 Å². The molecule has 0 radical (unpaired) electrons. The maximum Gasteiger partial charge on any atom is 0.254 e. The molecule has 0 aliphatic rings. The Kier molecular flexibility index (Phi) is 5.65. The first kappa shape index (κ1) is 14.5. The summed E-state index contributed by atoms with van der Waals surface area (Å²) in [6, 6.07) is 5.35. The van der Waals surface area contributed by atoms with Gasteiger partial charge in [-0.15, -0.1) is 0 Å². The van der Waals surface area contributed by atoms with Gasteiger partial charge in [0.15, 0.2) is 0 Å². The van der Waals surface area contributed by atoms with Crippen LogP contribution in [0.4, 0.5) is 5.69 Å². The van der Waals surface area contributed by atoms with Crippen LogP contribution in [0.15, 0.2) is 18.2 Å². The number of benzene rings is 1. The number of hydrogen-bond donors (Lipinski definition) is 2. The Morgan fingerprint density at radius 3 is 2.72 bits per heavy atom. The molecule has 0 aliphatic carbocycles. The van der Waals surface area contributed by atoms with E-state index < -0.39 is 0 Å². The SMILES string of the molecule is CCCCN(CCO)C(=O)c1cccc(N)c1C. The zero-order valence-electron chi connectivity index (χ0n) is 11.1. The first-order chi connectivity index (χ1) is 8.61. The van der Waals surface area contributed by atoms with Crippen molar-refractivity contribution in [2.75, 3.05) is 25.4 Å². The molecule has 0 spiro atoms. The van der Waals surface area contributed by atoms with Gasteiger partial charge in [-0.25, -0.2) is 0 Å². The van der Waals surface area contributed by atoms with E-state index in [0.717, 1.165) is 18.4 Å².